The third-order valence-corrected chi connectivity index (χ3v) is 8.63. The van der Waals surface area contributed by atoms with Gasteiger partial charge in [0.15, 0.2) is 7.85 Å². The average Bonchev–Trinajstić information content (AvgIpc) is 3.24. The van der Waals surface area contributed by atoms with Crippen LogP contribution in [0.2, 0.25) is 0 Å². The summed E-state index contributed by atoms with van der Waals surface area (Å²) in [5, 5.41) is 9.66. The molecule has 0 aliphatic carbocycles. The van der Waals surface area contributed by atoms with E-state index in [1.807, 2.05) is 27.7 Å². The maximum Gasteiger partial charge on any atom is 0.242 e. The lowest BCUT2D eigenvalue weighted by Crippen LogP contribution is -2.44. The van der Waals surface area contributed by atoms with Crippen molar-refractivity contribution in [3.8, 4) is 0 Å². The maximum atomic E-state index is 12.5. The Hall–Kier alpha value is -2.55. The molecular weight excluding hydrogens is 581 g/mol. The van der Waals surface area contributed by atoms with Crippen LogP contribution in [0.5, 0.6) is 0 Å². The number of hydrogen-bond donors (Lipinski definition) is 4. The summed E-state index contributed by atoms with van der Waals surface area (Å²) in [7, 11) is 5.07. The molecule has 15 heteroatoms. The number of amides is 6. The molecule has 1 fully saturated rings. The molecule has 4 N–H and O–H groups in total. The van der Waals surface area contributed by atoms with Crippen LogP contribution in [0.1, 0.15) is 79.1 Å². The number of imide groups is 1. The molecule has 236 valence electrons. The fraction of sp³-hybridized carbons (Fsp3) is 0.741. The number of unbranched alkanes of at least 4 members (excludes halogenated alkanes) is 2. The van der Waals surface area contributed by atoms with Crippen molar-refractivity contribution < 1.29 is 33.6 Å². The highest BCUT2D eigenvalue weighted by molar-refractivity contribution is 8.01. The number of carbonyl (C=O) groups is 7. The van der Waals surface area contributed by atoms with E-state index >= 15 is 0 Å². The molecule has 6 amide bonds. The molecule has 2 radical (unpaired) electrons. The van der Waals surface area contributed by atoms with Crippen molar-refractivity contribution in [2.24, 2.45) is 0 Å². The van der Waals surface area contributed by atoms with Crippen molar-refractivity contribution in [3.63, 3.8) is 0 Å². The highest BCUT2D eigenvalue weighted by atomic mass is 32.2. The highest BCUT2D eigenvalue weighted by Crippen LogP contribution is 2.31. The first kappa shape index (κ1) is 39.5. The molecule has 12 nitrogen and oxygen atoms in total. The van der Waals surface area contributed by atoms with Gasteiger partial charge in [-0.25, -0.2) is 0 Å². The van der Waals surface area contributed by atoms with Crippen molar-refractivity contribution in [1.29, 1.82) is 0 Å². The van der Waals surface area contributed by atoms with Gasteiger partial charge in [0.1, 0.15) is 0 Å². The molecule has 0 bridgehead atoms. The standard InChI is InChI=1S/C25H40BN5O7S2.C2H6/c1-3-17(4-2)40-18-12-24(37)31(25(18)38)10-9-20(33)27-13-21(34)28-14-22(35)29-15-23(36)30-16-39-11-7-5-6-8-19(26)32;1-2/h17-18H,3-16H2,1-2H3,(H,27,33)(H,28,34)(H,29,35)(H,30,36);1-2H3. The second-order valence-electron chi connectivity index (χ2n) is 9.16. The van der Waals surface area contributed by atoms with Gasteiger partial charge in [0, 0.05) is 24.6 Å². The molecule has 1 saturated heterocycles. The molecule has 1 aliphatic rings. The summed E-state index contributed by atoms with van der Waals surface area (Å²) in [5.74, 6) is -1.41. The van der Waals surface area contributed by atoms with Crippen LogP contribution >= 0.6 is 23.5 Å². The minimum atomic E-state index is -0.602. The summed E-state index contributed by atoms with van der Waals surface area (Å²) in [6.45, 7) is 7.04. The molecule has 1 atom stereocenters. The summed E-state index contributed by atoms with van der Waals surface area (Å²) in [5.41, 5.74) is -0.309. The Bertz CT molecular complexity index is 906. The van der Waals surface area contributed by atoms with E-state index in [-0.39, 0.29) is 62.4 Å². The summed E-state index contributed by atoms with van der Waals surface area (Å²) in [6, 6.07) is 0. The number of rotatable bonds is 21. The second kappa shape index (κ2) is 24.0. The van der Waals surface area contributed by atoms with Gasteiger partial charge < -0.3 is 26.1 Å². The van der Waals surface area contributed by atoms with E-state index in [9.17, 15) is 33.6 Å². The molecule has 0 saturated carbocycles. The summed E-state index contributed by atoms with van der Waals surface area (Å²) < 4.78 is 0. The van der Waals surface area contributed by atoms with Crippen LogP contribution in [0.4, 0.5) is 0 Å². The monoisotopic (exact) mass is 627 g/mol. The smallest absolute Gasteiger partial charge is 0.242 e. The molecule has 42 heavy (non-hydrogen) atoms. The Morgan fingerprint density at radius 1 is 0.833 bits per heavy atom. The summed E-state index contributed by atoms with van der Waals surface area (Å²) in [6.07, 6.45) is 4.73. The third-order valence-electron chi connectivity index (χ3n) is 5.95. The van der Waals surface area contributed by atoms with Crippen molar-refractivity contribution >= 4 is 72.5 Å². The van der Waals surface area contributed by atoms with Crippen LogP contribution in [0, 0.1) is 0 Å². The molecule has 1 aliphatic heterocycles. The number of nitrogens with one attached hydrogen (secondary N) is 4. The molecular formula is C27H46BN5O7S2. The van der Waals surface area contributed by atoms with Crippen LogP contribution in [0.25, 0.3) is 0 Å². The quantitative estimate of drug-likeness (QED) is 0.0624. The predicted octanol–water partition coefficient (Wildman–Crippen LogP) is 0.863. The zero-order valence-corrected chi connectivity index (χ0v) is 26.9. The van der Waals surface area contributed by atoms with Crippen molar-refractivity contribution in [1.82, 2.24) is 26.2 Å². The predicted molar refractivity (Wildman–Crippen MR) is 167 cm³/mol. The SMILES string of the molecule is CC.[B]C(=O)CCCCCSCNC(=O)CNC(=O)CNC(=O)CNC(=O)CCN1C(=O)CC(SC(CC)CC)C1=O. The number of hydrogen-bond acceptors (Lipinski definition) is 9. The fourth-order valence-electron chi connectivity index (χ4n) is 3.62. The zero-order valence-electron chi connectivity index (χ0n) is 25.3. The first-order chi connectivity index (χ1) is 20.1. The van der Waals surface area contributed by atoms with Crippen molar-refractivity contribution in [2.75, 3.05) is 37.8 Å². The Labute approximate surface area is 259 Å². The lowest BCUT2D eigenvalue weighted by atomic mass is 9.97. The van der Waals surface area contributed by atoms with E-state index in [4.69, 9.17) is 7.85 Å². The highest BCUT2D eigenvalue weighted by Gasteiger charge is 2.39. The number of thioether (sulfide) groups is 2. The molecule has 1 heterocycles. The van der Waals surface area contributed by atoms with Gasteiger partial charge in [-0.05, 0) is 37.9 Å². The largest absolute Gasteiger partial charge is 0.347 e. The lowest BCUT2D eigenvalue weighted by molar-refractivity contribution is -0.139. The molecule has 1 unspecified atom stereocenters. The zero-order chi connectivity index (χ0) is 31.9. The number of carbonyl (C=O) groups excluding carboxylic acids is 7. The van der Waals surface area contributed by atoms with E-state index in [1.54, 1.807) is 0 Å². The van der Waals surface area contributed by atoms with E-state index < -0.39 is 23.0 Å². The van der Waals surface area contributed by atoms with Crippen LogP contribution in [0.15, 0.2) is 0 Å². The Kier molecular flexibility index (Phi) is 22.5. The van der Waals surface area contributed by atoms with Gasteiger partial charge in [0.2, 0.25) is 35.4 Å². The Morgan fingerprint density at radius 3 is 1.93 bits per heavy atom. The van der Waals surface area contributed by atoms with Gasteiger partial charge in [-0.2, -0.15) is 0 Å². The minimum Gasteiger partial charge on any atom is -0.347 e. The molecule has 1 rings (SSSR count). The van der Waals surface area contributed by atoms with Crippen LogP contribution in [-0.2, 0) is 33.6 Å². The average molecular weight is 628 g/mol. The van der Waals surface area contributed by atoms with Gasteiger partial charge in [-0.15, -0.1) is 23.5 Å². The molecule has 0 spiro atoms. The van der Waals surface area contributed by atoms with Gasteiger partial charge in [-0.3, -0.25) is 33.7 Å². The first-order valence-electron chi connectivity index (χ1n) is 14.5. The van der Waals surface area contributed by atoms with E-state index in [2.05, 4.69) is 21.3 Å². The maximum absolute atomic E-state index is 12.5. The van der Waals surface area contributed by atoms with E-state index in [0.717, 1.165) is 42.8 Å². The van der Waals surface area contributed by atoms with Crippen LogP contribution < -0.4 is 21.3 Å². The Balaban J connectivity index is 0.00000821. The summed E-state index contributed by atoms with van der Waals surface area (Å²) in [4.78, 5) is 84.2. The normalized spacial score (nSPS) is 14.2. The molecule has 0 aromatic rings. The van der Waals surface area contributed by atoms with Gasteiger partial charge >= 0.3 is 0 Å². The molecule has 0 aromatic heterocycles. The topological polar surface area (TPSA) is 171 Å². The van der Waals surface area contributed by atoms with Gasteiger partial charge in [-0.1, -0.05) is 34.1 Å². The number of likely N-dealkylation sites (tertiary alicyclic amines) is 1. The summed E-state index contributed by atoms with van der Waals surface area (Å²) >= 11 is 3.03. The first-order valence-corrected chi connectivity index (χ1v) is 16.6. The Morgan fingerprint density at radius 2 is 1.38 bits per heavy atom. The minimum absolute atomic E-state index is 0.0506. The lowest BCUT2D eigenvalue weighted by Gasteiger charge is -2.17. The van der Waals surface area contributed by atoms with Gasteiger partial charge in [0.05, 0.1) is 36.4 Å². The van der Waals surface area contributed by atoms with Crippen LogP contribution in [-0.4, -0.2) is 102 Å². The van der Waals surface area contributed by atoms with Crippen molar-refractivity contribution in [3.05, 3.63) is 0 Å². The van der Waals surface area contributed by atoms with Crippen LogP contribution in [0.3, 0.4) is 0 Å². The number of nitrogens with zero attached hydrogens (tertiary/aromatic N) is 1. The van der Waals surface area contributed by atoms with Gasteiger partial charge in [0.25, 0.3) is 0 Å². The third kappa shape index (κ3) is 18.1. The second-order valence-corrected chi connectivity index (χ2v) is 11.8. The van der Waals surface area contributed by atoms with Crippen molar-refractivity contribution in [2.45, 2.75) is 89.6 Å². The van der Waals surface area contributed by atoms with E-state index in [0.29, 0.717) is 17.5 Å². The fourth-order valence-corrected chi connectivity index (χ4v) is 5.76. The van der Waals surface area contributed by atoms with E-state index in [1.165, 1.54) is 23.5 Å². The molecule has 0 aromatic carbocycles.